The summed E-state index contributed by atoms with van der Waals surface area (Å²) in [5, 5.41) is 1.17. The number of halogens is 2. The van der Waals surface area contributed by atoms with Gasteiger partial charge < -0.3 is 5.73 Å². The Hall–Kier alpha value is -0.280. The van der Waals surface area contributed by atoms with Gasteiger partial charge in [-0.1, -0.05) is 35.3 Å². The molecule has 1 rings (SSSR count). The zero-order chi connectivity index (χ0) is 11.6. The fraction of sp³-hybridized carbons (Fsp3) is 0.455. The average Bonchev–Trinajstić information content (AvgIpc) is 2.12. The van der Waals surface area contributed by atoms with Gasteiger partial charge in [0.05, 0.1) is 15.7 Å². The van der Waals surface area contributed by atoms with E-state index in [1.165, 1.54) is 0 Å². The molecular formula is C11H16Cl2N2. The molecule has 0 saturated heterocycles. The van der Waals surface area contributed by atoms with Crippen molar-refractivity contribution >= 4 is 23.2 Å². The monoisotopic (exact) mass is 246 g/mol. The molecule has 15 heavy (non-hydrogen) atoms. The molecular weight excluding hydrogens is 231 g/mol. The molecule has 4 heteroatoms. The van der Waals surface area contributed by atoms with Crippen molar-refractivity contribution < 1.29 is 0 Å². The van der Waals surface area contributed by atoms with Gasteiger partial charge in [-0.25, -0.2) is 0 Å². The van der Waals surface area contributed by atoms with E-state index in [1.807, 2.05) is 38.1 Å². The second-order valence-corrected chi connectivity index (χ2v) is 4.93. The number of likely N-dealkylation sites (N-methyl/N-ethyl adjacent to an activating group) is 1. The van der Waals surface area contributed by atoms with Gasteiger partial charge >= 0.3 is 0 Å². The highest BCUT2D eigenvalue weighted by Crippen LogP contribution is 2.28. The lowest BCUT2D eigenvalue weighted by Crippen LogP contribution is -2.51. The van der Waals surface area contributed by atoms with Crippen molar-refractivity contribution in [1.82, 2.24) is 4.90 Å². The maximum absolute atomic E-state index is 6.13. The van der Waals surface area contributed by atoms with E-state index < -0.39 is 5.66 Å². The van der Waals surface area contributed by atoms with Gasteiger partial charge in [0.15, 0.2) is 0 Å². The summed E-state index contributed by atoms with van der Waals surface area (Å²) in [6, 6.07) is 5.61. The van der Waals surface area contributed by atoms with Crippen LogP contribution in [0.4, 0.5) is 0 Å². The summed E-state index contributed by atoms with van der Waals surface area (Å²) in [6.45, 7) is 1.96. The molecule has 1 atom stereocenters. The molecule has 0 bridgehead atoms. The van der Waals surface area contributed by atoms with Gasteiger partial charge in [-0.3, -0.25) is 4.90 Å². The van der Waals surface area contributed by atoms with E-state index in [0.29, 0.717) is 16.5 Å². The lowest BCUT2D eigenvalue weighted by Gasteiger charge is -2.32. The third-order valence-corrected chi connectivity index (χ3v) is 3.46. The predicted octanol–water partition coefficient (Wildman–Crippen LogP) is 2.77. The normalized spacial score (nSPS) is 15.4. The van der Waals surface area contributed by atoms with Crippen molar-refractivity contribution in [1.29, 1.82) is 0 Å². The van der Waals surface area contributed by atoms with Gasteiger partial charge in [0, 0.05) is 6.42 Å². The standard InChI is InChI=1S/C11H16Cl2N2/c1-11(14,15(2)3)7-8-5-4-6-9(12)10(8)13/h4-6H,7,14H2,1-3H3. The van der Waals surface area contributed by atoms with Crippen molar-refractivity contribution in [3.05, 3.63) is 33.8 Å². The summed E-state index contributed by atoms with van der Waals surface area (Å²) in [5.74, 6) is 0. The highest BCUT2D eigenvalue weighted by atomic mass is 35.5. The Morgan fingerprint density at radius 3 is 2.47 bits per heavy atom. The maximum atomic E-state index is 6.13. The fourth-order valence-corrected chi connectivity index (χ4v) is 1.62. The SMILES string of the molecule is CN(C)C(C)(N)Cc1cccc(Cl)c1Cl. The Bertz CT molecular complexity index is 348. The van der Waals surface area contributed by atoms with Crippen molar-refractivity contribution in [2.24, 2.45) is 5.73 Å². The Morgan fingerprint density at radius 1 is 1.33 bits per heavy atom. The molecule has 1 aromatic carbocycles. The van der Waals surface area contributed by atoms with Crippen LogP contribution in [0.15, 0.2) is 18.2 Å². The molecule has 2 N–H and O–H groups in total. The number of nitrogens with zero attached hydrogens (tertiary/aromatic N) is 1. The number of hydrogen-bond donors (Lipinski definition) is 1. The lowest BCUT2D eigenvalue weighted by molar-refractivity contribution is 0.180. The molecule has 0 aromatic heterocycles. The predicted molar refractivity (Wildman–Crippen MR) is 66.4 cm³/mol. The van der Waals surface area contributed by atoms with Gasteiger partial charge in [-0.2, -0.15) is 0 Å². The van der Waals surface area contributed by atoms with Crippen LogP contribution in [0.1, 0.15) is 12.5 Å². The molecule has 84 valence electrons. The van der Waals surface area contributed by atoms with Crippen LogP contribution in [0.25, 0.3) is 0 Å². The molecule has 0 radical (unpaired) electrons. The van der Waals surface area contributed by atoms with E-state index in [0.717, 1.165) is 5.56 Å². The molecule has 1 aromatic rings. The molecule has 0 spiro atoms. The van der Waals surface area contributed by atoms with E-state index >= 15 is 0 Å². The first-order valence-electron chi connectivity index (χ1n) is 4.74. The molecule has 0 amide bonds. The summed E-state index contributed by atoms with van der Waals surface area (Å²) >= 11 is 12.0. The molecule has 2 nitrogen and oxygen atoms in total. The van der Waals surface area contributed by atoms with Crippen molar-refractivity contribution in [2.75, 3.05) is 14.1 Å². The highest BCUT2D eigenvalue weighted by Gasteiger charge is 2.22. The van der Waals surface area contributed by atoms with Crippen LogP contribution in [0, 0.1) is 0 Å². The molecule has 0 aliphatic carbocycles. The van der Waals surface area contributed by atoms with Crippen LogP contribution >= 0.6 is 23.2 Å². The molecule has 0 heterocycles. The quantitative estimate of drug-likeness (QED) is 0.832. The first-order valence-corrected chi connectivity index (χ1v) is 5.49. The summed E-state index contributed by atoms with van der Waals surface area (Å²) in [4.78, 5) is 1.96. The molecule has 0 fully saturated rings. The zero-order valence-electron chi connectivity index (χ0n) is 9.22. The van der Waals surface area contributed by atoms with Gasteiger partial charge in [0.25, 0.3) is 0 Å². The van der Waals surface area contributed by atoms with Crippen LogP contribution in [-0.2, 0) is 6.42 Å². The van der Waals surface area contributed by atoms with E-state index in [9.17, 15) is 0 Å². The summed E-state index contributed by atoms with van der Waals surface area (Å²) in [7, 11) is 3.89. The minimum atomic E-state index is -0.422. The number of rotatable bonds is 3. The topological polar surface area (TPSA) is 29.3 Å². The molecule has 0 aliphatic heterocycles. The third-order valence-electron chi connectivity index (χ3n) is 2.60. The van der Waals surface area contributed by atoms with Gasteiger partial charge in [-0.05, 0) is 32.6 Å². The van der Waals surface area contributed by atoms with Crippen LogP contribution < -0.4 is 5.73 Å². The fourth-order valence-electron chi connectivity index (χ4n) is 1.23. The Morgan fingerprint density at radius 2 is 1.93 bits per heavy atom. The Kier molecular flexibility index (Phi) is 4.01. The van der Waals surface area contributed by atoms with Crippen LogP contribution in [0.3, 0.4) is 0 Å². The van der Waals surface area contributed by atoms with E-state index in [1.54, 1.807) is 6.07 Å². The molecule has 0 aliphatic rings. The number of benzene rings is 1. The van der Waals surface area contributed by atoms with E-state index in [2.05, 4.69) is 0 Å². The average molecular weight is 247 g/mol. The molecule has 0 saturated carbocycles. The summed E-state index contributed by atoms with van der Waals surface area (Å²) in [5.41, 5.74) is 6.69. The van der Waals surface area contributed by atoms with Crippen molar-refractivity contribution in [3.63, 3.8) is 0 Å². The number of hydrogen-bond acceptors (Lipinski definition) is 2. The summed E-state index contributed by atoms with van der Waals surface area (Å²) < 4.78 is 0. The number of nitrogens with two attached hydrogens (primary N) is 1. The zero-order valence-corrected chi connectivity index (χ0v) is 10.7. The minimum Gasteiger partial charge on any atom is -0.313 e. The first kappa shape index (κ1) is 12.8. The van der Waals surface area contributed by atoms with Gasteiger partial charge in [0.1, 0.15) is 0 Å². The summed E-state index contributed by atoms with van der Waals surface area (Å²) in [6.07, 6.45) is 0.666. The lowest BCUT2D eigenvalue weighted by atomic mass is 10.0. The van der Waals surface area contributed by atoms with Crippen LogP contribution in [-0.4, -0.2) is 24.7 Å². The van der Waals surface area contributed by atoms with Crippen molar-refractivity contribution in [3.8, 4) is 0 Å². The molecule has 1 unspecified atom stereocenters. The van der Waals surface area contributed by atoms with E-state index in [4.69, 9.17) is 28.9 Å². The highest BCUT2D eigenvalue weighted by molar-refractivity contribution is 6.42. The van der Waals surface area contributed by atoms with E-state index in [-0.39, 0.29) is 0 Å². The second-order valence-electron chi connectivity index (χ2n) is 4.14. The van der Waals surface area contributed by atoms with Gasteiger partial charge in [0.2, 0.25) is 0 Å². The third kappa shape index (κ3) is 3.08. The minimum absolute atomic E-state index is 0.422. The largest absolute Gasteiger partial charge is 0.313 e. The Labute approximate surface area is 101 Å². The first-order chi connectivity index (χ1) is 6.84. The maximum Gasteiger partial charge on any atom is 0.0695 e. The van der Waals surface area contributed by atoms with Crippen molar-refractivity contribution in [2.45, 2.75) is 19.0 Å². The smallest absolute Gasteiger partial charge is 0.0695 e. The Balaban J connectivity index is 2.95. The van der Waals surface area contributed by atoms with Crippen LogP contribution in [0.2, 0.25) is 10.0 Å². The second kappa shape index (κ2) is 4.71. The van der Waals surface area contributed by atoms with Gasteiger partial charge in [-0.15, -0.1) is 0 Å². The van der Waals surface area contributed by atoms with Crippen LogP contribution in [0.5, 0.6) is 0 Å².